The van der Waals surface area contributed by atoms with Crippen LogP contribution in [0.5, 0.6) is 5.75 Å². The molecule has 0 radical (unpaired) electrons. The fraction of sp³-hybridized carbons (Fsp3) is 0.200. The SMILES string of the molecule is COc1ccc2nc(Sc3cc(C)nc(C)c3)[nH]c2c1. The number of nitrogens with zero attached hydrogens (tertiary/aromatic N) is 2. The standard InChI is InChI=1S/C15H15N3OS/c1-9-6-12(7-10(2)16-9)20-15-17-13-5-4-11(19-3)8-14(13)18-15/h4-8H,1-3H3,(H,17,18). The number of rotatable bonds is 3. The van der Waals surface area contributed by atoms with E-state index in [1.54, 1.807) is 18.9 Å². The van der Waals surface area contributed by atoms with Gasteiger partial charge < -0.3 is 9.72 Å². The summed E-state index contributed by atoms with van der Waals surface area (Å²) in [6.07, 6.45) is 0. The number of fused-ring (bicyclic) bond motifs is 1. The first-order valence-corrected chi connectivity index (χ1v) is 7.12. The van der Waals surface area contributed by atoms with Crippen molar-refractivity contribution in [1.82, 2.24) is 15.0 Å². The lowest BCUT2D eigenvalue weighted by Gasteiger charge is -2.01. The summed E-state index contributed by atoms with van der Waals surface area (Å²) in [5.74, 6) is 0.827. The van der Waals surface area contributed by atoms with Gasteiger partial charge in [-0.2, -0.15) is 0 Å². The molecule has 4 nitrogen and oxygen atoms in total. The maximum atomic E-state index is 5.22. The maximum Gasteiger partial charge on any atom is 0.171 e. The van der Waals surface area contributed by atoms with E-state index in [0.29, 0.717) is 0 Å². The number of methoxy groups -OCH3 is 1. The molecule has 0 saturated heterocycles. The monoisotopic (exact) mass is 285 g/mol. The van der Waals surface area contributed by atoms with Crippen LogP contribution >= 0.6 is 11.8 Å². The summed E-state index contributed by atoms with van der Waals surface area (Å²) in [6, 6.07) is 9.95. The van der Waals surface area contributed by atoms with Crippen molar-refractivity contribution in [2.75, 3.05) is 7.11 Å². The molecule has 0 fully saturated rings. The number of nitrogens with one attached hydrogen (secondary N) is 1. The van der Waals surface area contributed by atoms with E-state index in [1.165, 1.54) is 0 Å². The molecule has 2 aromatic heterocycles. The Labute approximate surface area is 121 Å². The second-order valence-corrected chi connectivity index (χ2v) is 5.67. The predicted molar refractivity (Wildman–Crippen MR) is 80.5 cm³/mol. The van der Waals surface area contributed by atoms with Crippen LogP contribution < -0.4 is 4.74 Å². The number of pyridine rings is 1. The first kappa shape index (κ1) is 13.0. The van der Waals surface area contributed by atoms with Crippen LogP contribution in [0.3, 0.4) is 0 Å². The second-order valence-electron chi connectivity index (χ2n) is 4.61. The highest BCUT2D eigenvalue weighted by molar-refractivity contribution is 7.99. The number of aromatic nitrogens is 3. The summed E-state index contributed by atoms with van der Waals surface area (Å²) in [5, 5.41) is 0.873. The number of aryl methyl sites for hydroxylation is 2. The summed E-state index contributed by atoms with van der Waals surface area (Å²) in [5.41, 5.74) is 3.96. The summed E-state index contributed by atoms with van der Waals surface area (Å²) in [6.45, 7) is 4.00. The highest BCUT2D eigenvalue weighted by Gasteiger charge is 2.07. The molecule has 0 unspecified atom stereocenters. The lowest BCUT2D eigenvalue weighted by Crippen LogP contribution is -1.86. The molecular formula is C15H15N3OS. The summed E-state index contributed by atoms with van der Waals surface area (Å²) < 4.78 is 5.22. The lowest BCUT2D eigenvalue weighted by molar-refractivity contribution is 0.415. The van der Waals surface area contributed by atoms with Gasteiger partial charge in [0.15, 0.2) is 5.16 Å². The number of hydrogen-bond donors (Lipinski definition) is 1. The molecule has 0 bridgehead atoms. The van der Waals surface area contributed by atoms with Gasteiger partial charge in [-0.3, -0.25) is 4.98 Å². The first-order chi connectivity index (χ1) is 9.64. The molecule has 0 saturated carbocycles. The Bertz CT molecular complexity index is 747. The number of H-pyrrole nitrogens is 1. The number of hydrogen-bond acceptors (Lipinski definition) is 4. The third kappa shape index (κ3) is 2.63. The van der Waals surface area contributed by atoms with Crippen molar-refractivity contribution < 1.29 is 4.74 Å². The van der Waals surface area contributed by atoms with Gasteiger partial charge in [0.1, 0.15) is 5.75 Å². The zero-order chi connectivity index (χ0) is 14.1. The third-order valence-electron chi connectivity index (χ3n) is 2.94. The highest BCUT2D eigenvalue weighted by atomic mass is 32.2. The van der Waals surface area contributed by atoms with E-state index < -0.39 is 0 Å². The molecule has 102 valence electrons. The number of benzene rings is 1. The molecule has 0 atom stereocenters. The quantitative estimate of drug-likeness (QED) is 0.796. The number of imidazole rings is 1. The molecular weight excluding hydrogens is 270 g/mol. The van der Waals surface area contributed by atoms with E-state index in [9.17, 15) is 0 Å². The van der Waals surface area contributed by atoms with Gasteiger partial charge in [-0.05, 0) is 38.1 Å². The van der Waals surface area contributed by atoms with Gasteiger partial charge in [0.05, 0.1) is 18.1 Å². The fourth-order valence-corrected chi connectivity index (χ4v) is 3.09. The summed E-state index contributed by atoms with van der Waals surface area (Å²) >= 11 is 1.61. The Hall–Kier alpha value is -2.01. The Balaban J connectivity index is 1.94. The van der Waals surface area contributed by atoms with Crippen molar-refractivity contribution in [2.24, 2.45) is 0 Å². The van der Waals surface area contributed by atoms with E-state index in [-0.39, 0.29) is 0 Å². The Morgan fingerprint density at radius 3 is 2.50 bits per heavy atom. The van der Waals surface area contributed by atoms with E-state index >= 15 is 0 Å². The van der Waals surface area contributed by atoms with Gasteiger partial charge in [0.2, 0.25) is 0 Å². The maximum absolute atomic E-state index is 5.22. The van der Waals surface area contributed by atoms with Gasteiger partial charge in [-0.1, -0.05) is 11.8 Å². The number of ether oxygens (including phenoxy) is 1. The van der Waals surface area contributed by atoms with Crippen LogP contribution in [0.25, 0.3) is 11.0 Å². The molecule has 2 heterocycles. The van der Waals surface area contributed by atoms with Gasteiger partial charge in [-0.15, -0.1) is 0 Å². The van der Waals surface area contributed by atoms with E-state index in [2.05, 4.69) is 27.1 Å². The molecule has 3 rings (SSSR count). The number of aromatic amines is 1. The summed E-state index contributed by atoms with van der Waals surface area (Å²) in [4.78, 5) is 13.4. The zero-order valence-corrected chi connectivity index (χ0v) is 12.4. The van der Waals surface area contributed by atoms with Crippen molar-refractivity contribution in [3.05, 3.63) is 41.7 Å². The van der Waals surface area contributed by atoms with Crippen LogP contribution in [0, 0.1) is 13.8 Å². The van der Waals surface area contributed by atoms with Gasteiger partial charge in [0.25, 0.3) is 0 Å². The minimum Gasteiger partial charge on any atom is -0.497 e. The Morgan fingerprint density at radius 1 is 1.05 bits per heavy atom. The molecule has 1 N–H and O–H groups in total. The minimum absolute atomic E-state index is 0.827. The van der Waals surface area contributed by atoms with Crippen molar-refractivity contribution in [1.29, 1.82) is 0 Å². The van der Waals surface area contributed by atoms with Gasteiger partial charge in [-0.25, -0.2) is 4.98 Å². The van der Waals surface area contributed by atoms with Crippen LogP contribution in [-0.2, 0) is 0 Å². The Morgan fingerprint density at radius 2 is 1.80 bits per heavy atom. The normalized spacial score (nSPS) is 10.9. The second kappa shape index (κ2) is 5.17. The van der Waals surface area contributed by atoms with Gasteiger partial charge >= 0.3 is 0 Å². The Kier molecular flexibility index (Phi) is 3.36. The van der Waals surface area contributed by atoms with Crippen molar-refractivity contribution in [2.45, 2.75) is 23.9 Å². The van der Waals surface area contributed by atoms with E-state index in [0.717, 1.165) is 38.2 Å². The van der Waals surface area contributed by atoms with Crippen LogP contribution in [0.1, 0.15) is 11.4 Å². The van der Waals surface area contributed by atoms with Gasteiger partial charge in [0, 0.05) is 22.3 Å². The lowest BCUT2D eigenvalue weighted by atomic mass is 10.3. The smallest absolute Gasteiger partial charge is 0.171 e. The first-order valence-electron chi connectivity index (χ1n) is 6.31. The van der Waals surface area contributed by atoms with Crippen LogP contribution in [0.2, 0.25) is 0 Å². The van der Waals surface area contributed by atoms with Crippen molar-refractivity contribution in [3.8, 4) is 5.75 Å². The molecule has 0 aliphatic heterocycles. The van der Waals surface area contributed by atoms with Crippen molar-refractivity contribution >= 4 is 22.8 Å². The molecule has 0 spiro atoms. The average Bonchev–Trinajstić information content (AvgIpc) is 2.78. The van der Waals surface area contributed by atoms with E-state index in [4.69, 9.17) is 4.74 Å². The fourth-order valence-electron chi connectivity index (χ4n) is 2.11. The predicted octanol–water partition coefficient (Wildman–Crippen LogP) is 3.73. The molecule has 0 aliphatic rings. The average molecular weight is 285 g/mol. The topological polar surface area (TPSA) is 50.8 Å². The minimum atomic E-state index is 0.827. The molecule has 1 aromatic carbocycles. The molecule has 0 aliphatic carbocycles. The van der Waals surface area contributed by atoms with Crippen LogP contribution in [0.4, 0.5) is 0 Å². The molecule has 3 aromatic rings. The van der Waals surface area contributed by atoms with Crippen molar-refractivity contribution in [3.63, 3.8) is 0 Å². The molecule has 5 heteroatoms. The van der Waals surface area contributed by atoms with Crippen LogP contribution in [0.15, 0.2) is 40.4 Å². The van der Waals surface area contributed by atoms with Crippen LogP contribution in [-0.4, -0.2) is 22.1 Å². The third-order valence-corrected chi connectivity index (χ3v) is 3.79. The van der Waals surface area contributed by atoms with E-state index in [1.807, 2.05) is 32.0 Å². The summed E-state index contributed by atoms with van der Waals surface area (Å²) in [7, 11) is 1.66. The molecule has 0 amide bonds. The highest BCUT2D eigenvalue weighted by Crippen LogP contribution is 2.29. The molecule has 20 heavy (non-hydrogen) atoms. The zero-order valence-electron chi connectivity index (χ0n) is 11.6. The largest absolute Gasteiger partial charge is 0.497 e.